The smallest absolute Gasteiger partial charge is 0.251 e. The summed E-state index contributed by atoms with van der Waals surface area (Å²) in [6, 6.07) is 15.5. The van der Waals surface area contributed by atoms with Gasteiger partial charge >= 0.3 is 0 Å². The summed E-state index contributed by atoms with van der Waals surface area (Å²) >= 11 is 0. The third-order valence-corrected chi connectivity index (χ3v) is 4.40. The van der Waals surface area contributed by atoms with E-state index in [1.54, 1.807) is 7.11 Å². The van der Waals surface area contributed by atoms with Gasteiger partial charge in [-0.1, -0.05) is 24.3 Å². The van der Waals surface area contributed by atoms with Crippen molar-refractivity contribution in [1.82, 2.24) is 5.32 Å². The van der Waals surface area contributed by atoms with Crippen molar-refractivity contribution in [3.05, 3.63) is 59.7 Å². The molecule has 1 saturated heterocycles. The van der Waals surface area contributed by atoms with Crippen LogP contribution in [0.1, 0.15) is 22.3 Å². The molecule has 134 valence electrons. The second-order valence-corrected chi connectivity index (χ2v) is 5.98. The highest BCUT2D eigenvalue weighted by molar-refractivity contribution is 5.94. The van der Waals surface area contributed by atoms with E-state index < -0.39 is 0 Å². The lowest BCUT2D eigenvalue weighted by molar-refractivity contribution is 0.0940. The fourth-order valence-electron chi connectivity index (χ4n) is 3.05. The molecule has 3 rings (SSSR count). The van der Waals surface area contributed by atoms with Gasteiger partial charge in [0.25, 0.3) is 5.91 Å². The molecule has 0 bridgehead atoms. The number of benzene rings is 2. The minimum Gasteiger partial charge on any atom is -0.495 e. The Morgan fingerprint density at radius 1 is 1.24 bits per heavy atom. The Balaban J connectivity index is 0.00000225. The van der Waals surface area contributed by atoms with Gasteiger partial charge in [0.05, 0.1) is 12.8 Å². The normalized spacial score (nSPS) is 16.2. The van der Waals surface area contributed by atoms with Gasteiger partial charge in [0.1, 0.15) is 5.75 Å². The number of nitrogens with one attached hydrogen (secondary N) is 1. The lowest BCUT2D eigenvalue weighted by Gasteiger charge is -2.21. The van der Waals surface area contributed by atoms with E-state index in [4.69, 9.17) is 10.5 Å². The van der Waals surface area contributed by atoms with Crippen LogP contribution in [-0.2, 0) is 6.54 Å². The molecule has 3 N–H and O–H groups in total. The molecule has 0 radical (unpaired) electrons. The molecule has 1 fully saturated rings. The van der Waals surface area contributed by atoms with Crippen molar-refractivity contribution in [3.63, 3.8) is 0 Å². The third-order valence-electron chi connectivity index (χ3n) is 4.40. The zero-order valence-corrected chi connectivity index (χ0v) is 15.1. The Morgan fingerprint density at radius 3 is 2.64 bits per heavy atom. The molecule has 0 spiro atoms. The van der Waals surface area contributed by atoms with Crippen molar-refractivity contribution in [2.45, 2.75) is 19.0 Å². The molecule has 5 nitrogen and oxygen atoms in total. The Bertz CT molecular complexity index is 706. The van der Waals surface area contributed by atoms with Gasteiger partial charge in [-0.2, -0.15) is 0 Å². The van der Waals surface area contributed by atoms with Crippen LogP contribution < -0.4 is 20.7 Å². The summed E-state index contributed by atoms with van der Waals surface area (Å²) in [5.74, 6) is 0.826. The number of hydrogen-bond donors (Lipinski definition) is 2. The fraction of sp³-hybridized carbons (Fsp3) is 0.316. The number of anilines is 1. The molecule has 1 aliphatic rings. The van der Waals surface area contributed by atoms with Gasteiger partial charge in [-0.3, -0.25) is 4.79 Å². The van der Waals surface area contributed by atoms with Crippen LogP contribution >= 0.6 is 12.4 Å². The summed E-state index contributed by atoms with van der Waals surface area (Å²) in [5, 5.41) is 3.12. The number of carbonyl (C=O) groups is 1. The second kappa shape index (κ2) is 8.74. The highest BCUT2D eigenvalue weighted by Crippen LogP contribution is 2.30. The maximum Gasteiger partial charge on any atom is 0.251 e. The van der Waals surface area contributed by atoms with Gasteiger partial charge in [-0.05, 0) is 36.2 Å². The van der Waals surface area contributed by atoms with Gasteiger partial charge in [0, 0.05) is 31.2 Å². The number of nitrogens with two attached hydrogens (primary N) is 1. The van der Waals surface area contributed by atoms with Crippen LogP contribution in [-0.4, -0.2) is 32.1 Å². The van der Waals surface area contributed by atoms with Gasteiger partial charge in [0.2, 0.25) is 0 Å². The minimum absolute atomic E-state index is 0. The van der Waals surface area contributed by atoms with E-state index in [9.17, 15) is 4.79 Å². The van der Waals surface area contributed by atoms with E-state index in [0.717, 1.165) is 36.5 Å². The Kier molecular flexibility index (Phi) is 6.67. The molecule has 1 amide bonds. The van der Waals surface area contributed by atoms with Crippen LogP contribution in [0, 0.1) is 0 Å². The summed E-state index contributed by atoms with van der Waals surface area (Å²) in [6.07, 6.45) is 0.921. The van der Waals surface area contributed by atoms with Crippen molar-refractivity contribution in [3.8, 4) is 5.75 Å². The first-order valence-corrected chi connectivity index (χ1v) is 8.19. The topological polar surface area (TPSA) is 67.6 Å². The first-order valence-electron chi connectivity index (χ1n) is 8.19. The van der Waals surface area contributed by atoms with E-state index in [1.807, 2.05) is 42.5 Å². The summed E-state index contributed by atoms with van der Waals surface area (Å²) < 4.78 is 5.43. The highest BCUT2D eigenvalue weighted by Gasteiger charge is 2.26. The number of rotatable bonds is 5. The minimum atomic E-state index is -0.0366. The molecule has 6 heteroatoms. The van der Waals surface area contributed by atoms with Crippen molar-refractivity contribution in [2.24, 2.45) is 5.73 Å². The fourth-order valence-corrected chi connectivity index (χ4v) is 3.05. The zero-order chi connectivity index (χ0) is 16.9. The average Bonchev–Trinajstić information content (AvgIpc) is 3.10. The molecular weight excluding hydrogens is 338 g/mol. The van der Waals surface area contributed by atoms with E-state index in [0.29, 0.717) is 12.1 Å². The quantitative estimate of drug-likeness (QED) is 0.859. The van der Waals surface area contributed by atoms with Crippen molar-refractivity contribution in [1.29, 1.82) is 0 Å². The van der Waals surface area contributed by atoms with Crippen molar-refractivity contribution in [2.75, 3.05) is 25.1 Å². The standard InChI is InChI=1S/C19H23N3O2.ClH/c1-24-18-5-3-2-4-17(18)22-11-10-16(13-22)21-19(23)15-8-6-14(12-20)7-9-15;/h2-9,16H,10-13,20H2,1H3,(H,21,23);1H. The number of nitrogens with zero attached hydrogens (tertiary/aromatic N) is 1. The zero-order valence-electron chi connectivity index (χ0n) is 14.3. The van der Waals surface area contributed by atoms with Gasteiger partial charge in [0.15, 0.2) is 0 Å². The first kappa shape index (κ1) is 19.1. The maximum absolute atomic E-state index is 12.4. The summed E-state index contributed by atoms with van der Waals surface area (Å²) in [7, 11) is 1.68. The molecule has 25 heavy (non-hydrogen) atoms. The van der Waals surface area contributed by atoms with Crippen molar-refractivity contribution < 1.29 is 9.53 Å². The van der Waals surface area contributed by atoms with Gasteiger partial charge < -0.3 is 20.7 Å². The molecule has 1 unspecified atom stereocenters. The molecule has 0 aliphatic carbocycles. The van der Waals surface area contributed by atoms with Crippen LogP contribution in [0.25, 0.3) is 0 Å². The number of amides is 1. The molecule has 1 atom stereocenters. The number of carbonyl (C=O) groups excluding carboxylic acids is 1. The van der Waals surface area contributed by atoms with E-state index in [1.165, 1.54) is 0 Å². The van der Waals surface area contributed by atoms with Crippen LogP contribution in [0.4, 0.5) is 5.69 Å². The summed E-state index contributed by atoms with van der Waals surface area (Å²) in [5.41, 5.74) is 8.35. The third kappa shape index (κ3) is 4.44. The summed E-state index contributed by atoms with van der Waals surface area (Å²) in [4.78, 5) is 14.6. The molecular formula is C19H24ClN3O2. The Labute approximate surface area is 154 Å². The molecule has 0 aromatic heterocycles. The van der Waals surface area contributed by atoms with Crippen molar-refractivity contribution >= 4 is 24.0 Å². The Morgan fingerprint density at radius 2 is 1.96 bits per heavy atom. The number of methoxy groups -OCH3 is 1. The maximum atomic E-state index is 12.4. The summed E-state index contributed by atoms with van der Waals surface area (Å²) in [6.45, 7) is 2.17. The highest BCUT2D eigenvalue weighted by atomic mass is 35.5. The molecule has 1 heterocycles. The number of hydrogen-bond acceptors (Lipinski definition) is 4. The molecule has 2 aromatic carbocycles. The van der Waals surface area contributed by atoms with Crippen LogP contribution in [0.15, 0.2) is 48.5 Å². The van der Waals surface area contributed by atoms with Crippen LogP contribution in [0.3, 0.4) is 0 Å². The Hall–Kier alpha value is -2.24. The number of para-hydroxylation sites is 2. The average molecular weight is 362 g/mol. The number of ether oxygens (including phenoxy) is 1. The monoisotopic (exact) mass is 361 g/mol. The molecule has 0 saturated carbocycles. The van der Waals surface area contributed by atoms with E-state index in [-0.39, 0.29) is 24.4 Å². The molecule has 1 aliphatic heterocycles. The first-order chi connectivity index (χ1) is 11.7. The molecule has 2 aromatic rings. The van der Waals surface area contributed by atoms with Gasteiger partial charge in [-0.15, -0.1) is 12.4 Å². The lowest BCUT2D eigenvalue weighted by atomic mass is 10.1. The van der Waals surface area contributed by atoms with E-state index in [2.05, 4.69) is 16.3 Å². The number of halogens is 1. The SMILES string of the molecule is COc1ccccc1N1CCC(NC(=O)c2ccc(CN)cc2)C1.Cl. The largest absolute Gasteiger partial charge is 0.495 e. The predicted molar refractivity (Wildman–Crippen MR) is 103 cm³/mol. The van der Waals surface area contributed by atoms with Crippen LogP contribution in [0.5, 0.6) is 5.75 Å². The van der Waals surface area contributed by atoms with Crippen LogP contribution in [0.2, 0.25) is 0 Å². The second-order valence-electron chi connectivity index (χ2n) is 5.98. The predicted octanol–water partition coefficient (Wildman–Crippen LogP) is 2.58. The lowest BCUT2D eigenvalue weighted by Crippen LogP contribution is -2.37. The van der Waals surface area contributed by atoms with Gasteiger partial charge in [-0.25, -0.2) is 0 Å². The van der Waals surface area contributed by atoms with E-state index >= 15 is 0 Å².